The Hall–Kier alpha value is -2.09. The summed E-state index contributed by atoms with van der Waals surface area (Å²) in [6, 6.07) is 7.82. The van der Waals surface area contributed by atoms with E-state index in [4.69, 9.17) is 42.6 Å². The van der Waals surface area contributed by atoms with E-state index < -0.39 is 35.0 Å². The number of carboxylic acids is 1. The fourth-order valence-electron chi connectivity index (χ4n) is 11.0. The average molecular weight is 771 g/mol. The molecule has 1 N–H and O–H groups in total. The molecule has 55 heavy (non-hydrogen) atoms. The van der Waals surface area contributed by atoms with Crippen LogP contribution in [0.4, 0.5) is 0 Å². The van der Waals surface area contributed by atoms with E-state index in [0.29, 0.717) is 24.5 Å². The standard InChI is InChI=1S/C44H66O11/c1-11-42(17-16-35(51-42)41(8)18-19-43(55-41)23-34(48-10)30(7)36(52-43)25(2)20-28(5)39(45)46)38-27(4)22-33(50-38)37-26(3)21-29(6)44(53-37)24-49-40(54-44)31-12-14-32(47-9)15-13-31/h12-15,20,25-27,29-30,33-38,40H,11,16-19,21-24H2,1-10H3,(H,45,46)/b28-20+/t25-,26-,27-,29+,30+,33-,34-,35+,36+,37-,38+,40+,41+,42-,43+,44+/m0/s1. The van der Waals surface area contributed by atoms with Gasteiger partial charge in [0.05, 0.1) is 54.9 Å². The fraction of sp³-hybridized carbons (Fsp3) is 0.795. The lowest BCUT2D eigenvalue weighted by molar-refractivity contribution is -0.332. The van der Waals surface area contributed by atoms with Crippen molar-refractivity contribution < 1.29 is 52.5 Å². The van der Waals surface area contributed by atoms with Crippen LogP contribution >= 0.6 is 0 Å². The van der Waals surface area contributed by atoms with Gasteiger partial charge in [0.2, 0.25) is 0 Å². The van der Waals surface area contributed by atoms with Gasteiger partial charge in [0.25, 0.3) is 0 Å². The summed E-state index contributed by atoms with van der Waals surface area (Å²) in [5.41, 5.74) is 0.261. The van der Waals surface area contributed by atoms with Gasteiger partial charge in [0, 0.05) is 48.8 Å². The Morgan fingerprint density at radius 1 is 1.00 bits per heavy atom. The summed E-state index contributed by atoms with van der Waals surface area (Å²) in [5, 5.41) is 9.55. The topological polar surface area (TPSA) is 120 Å². The van der Waals surface area contributed by atoms with Crippen molar-refractivity contribution in [3.05, 3.63) is 41.5 Å². The minimum atomic E-state index is -0.918. The van der Waals surface area contributed by atoms with E-state index in [0.717, 1.165) is 56.3 Å². The normalized spacial score (nSPS) is 46.8. The minimum Gasteiger partial charge on any atom is -0.497 e. The highest BCUT2D eigenvalue weighted by atomic mass is 16.8. The number of hydrogen-bond acceptors (Lipinski definition) is 10. The van der Waals surface area contributed by atoms with Gasteiger partial charge in [-0.3, -0.25) is 0 Å². The molecule has 1 aromatic carbocycles. The molecule has 6 heterocycles. The van der Waals surface area contributed by atoms with Crippen LogP contribution in [0.3, 0.4) is 0 Å². The van der Waals surface area contributed by atoms with Gasteiger partial charge in [-0.2, -0.15) is 0 Å². The van der Waals surface area contributed by atoms with Crippen LogP contribution in [0.1, 0.15) is 119 Å². The van der Waals surface area contributed by atoms with E-state index in [1.54, 1.807) is 27.2 Å². The molecule has 6 aliphatic rings. The zero-order valence-electron chi connectivity index (χ0n) is 34.7. The van der Waals surface area contributed by atoms with Gasteiger partial charge < -0.3 is 47.7 Å². The molecule has 6 aliphatic heterocycles. The van der Waals surface area contributed by atoms with Crippen molar-refractivity contribution >= 4 is 5.97 Å². The summed E-state index contributed by atoms with van der Waals surface area (Å²) in [4.78, 5) is 11.6. The third-order valence-corrected chi connectivity index (χ3v) is 14.4. The van der Waals surface area contributed by atoms with Gasteiger partial charge in [-0.25, -0.2) is 4.79 Å². The Bertz CT molecular complexity index is 1550. The maximum Gasteiger partial charge on any atom is 0.330 e. The summed E-state index contributed by atoms with van der Waals surface area (Å²) in [6.07, 6.45) is 7.13. The lowest BCUT2D eigenvalue weighted by atomic mass is 9.80. The molecular weight excluding hydrogens is 704 g/mol. The number of aliphatic carboxylic acids is 1. The third-order valence-electron chi connectivity index (χ3n) is 14.4. The highest BCUT2D eigenvalue weighted by molar-refractivity contribution is 5.85. The van der Waals surface area contributed by atoms with Crippen LogP contribution in [0.15, 0.2) is 35.9 Å². The van der Waals surface area contributed by atoms with Crippen LogP contribution in [0.25, 0.3) is 0 Å². The molecule has 11 nitrogen and oxygen atoms in total. The van der Waals surface area contributed by atoms with Crippen LogP contribution in [0, 0.1) is 29.6 Å². The number of carbonyl (C=O) groups is 1. The number of hydrogen-bond donors (Lipinski definition) is 1. The second-order valence-corrected chi connectivity index (χ2v) is 18.2. The first-order chi connectivity index (χ1) is 26.1. The molecule has 16 atom stereocenters. The Labute approximate surface area is 328 Å². The van der Waals surface area contributed by atoms with Crippen LogP contribution in [-0.4, -0.2) is 91.3 Å². The van der Waals surface area contributed by atoms with Gasteiger partial charge in [-0.1, -0.05) is 59.8 Å². The third kappa shape index (κ3) is 7.55. The highest BCUT2D eigenvalue weighted by Crippen LogP contribution is 2.55. The maximum atomic E-state index is 11.6. The van der Waals surface area contributed by atoms with Crippen molar-refractivity contribution in [3.63, 3.8) is 0 Å². The molecule has 0 unspecified atom stereocenters. The van der Waals surface area contributed by atoms with Crippen LogP contribution in [-0.2, 0) is 42.7 Å². The minimum absolute atomic E-state index is 0.0694. The molecule has 2 spiro atoms. The zero-order valence-corrected chi connectivity index (χ0v) is 34.7. The van der Waals surface area contributed by atoms with Gasteiger partial charge in [-0.05, 0) is 76.3 Å². The van der Waals surface area contributed by atoms with Crippen molar-refractivity contribution in [3.8, 4) is 5.75 Å². The van der Waals surface area contributed by atoms with Crippen molar-refractivity contribution in [2.45, 2.75) is 172 Å². The number of ether oxygens (including phenoxy) is 9. The Morgan fingerprint density at radius 2 is 1.75 bits per heavy atom. The molecule has 0 aromatic heterocycles. The van der Waals surface area contributed by atoms with E-state index in [-0.39, 0.29) is 60.3 Å². The molecule has 0 amide bonds. The van der Waals surface area contributed by atoms with Gasteiger partial charge in [0.15, 0.2) is 17.9 Å². The van der Waals surface area contributed by atoms with Crippen molar-refractivity contribution in [1.82, 2.24) is 0 Å². The molecule has 1 aromatic rings. The zero-order chi connectivity index (χ0) is 39.5. The molecule has 0 aliphatic carbocycles. The van der Waals surface area contributed by atoms with E-state index in [2.05, 4.69) is 41.5 Å². The Balaban J connectivity index is 1.03. The molecule has 6 fully saturated rings. The van der Waals surface area contributed by atoms with Crippen molar-refractivity contribution in [2.75, 3.05) is 20.8 Å². The summed E-state index contributed by atoms with van der Waals surface area (Å²) in [6.45, 7) is 17.3. The fourth-order valence-corrected chi connectivity index (χ4v) is 11.0. The Kier molecular flexibility index (Phi) is 11.6. The number of rotatable bonds is 10. The van der Waals surface area contributed by atoms with E-state index in [1.165, 1.54) is 0 Å². The molecule has 0 saturated carbocycles. The predicted molar refractivity (Wildman–Crippen MR) is 204 cm³/mol. The quantitative estimate of drug-likeness (QED) is 0.233. The number of carboxylic acid groups (broad SMARTS) is 1. The first-order valence-corrected chi connectivity index (χ1v) is 20.9. The summed E-state index contributed by atoms with van der Waals surface area (Å²) in [5.74, 6) is -1.11. The van der Waals surface area contributed by atoms with Crippen LogP contribution in [0.5, 0.6) is 5.75 Å². The second kappa shape index (κ2) is 15.6. The number of methoxy groups -OCH3 is 2. The smallest absolute Gasteiger partial charge is 0.330 e. The van der Waals surface area contributed by atoms with Crippen LogP contribution in [0.2, 0.25) is 0 Å². The predicted octanol–water partition coefficient (Wildman–Crippen LogP) is 7.99. The van der Waals surface area contributed by atoms with Crippen LogP contribution < -0.4 is 4.74 Å². The van der Waals surface area contributed by atoms with E-state index in [9.17, 15) is 9.90 Å². The monoisotopic (exact) mass is 770 g/mol. The largest absolute Gasteiger partial charge is 0.497 e. The molecule has 308 valence electrons. The van der Waals surface area contributed by atoms with Gasteiger partial charge in [0.1, 0.15) is 12.4 Å². The lowest BCUT2D eigenvalue weighted by Crippen LogP contribution is -2.55. The van der Waals surface area contributed by atoms with E-state index >= 15 is 0 Å². The molecular formula is C44H66O11. The lowest BCUT2D eigenvalue weighted by Gasteiger charge is -2.48. The number of benzene rings is 1. The second-order valence-electron chi connectivity index (χ2n) is 18.2. The first kappa shape index (κ1) is 41.1. The van der Waals surface area contributed by atoms with Gasteiger partial charge in [-0.15, -0.1) is 0 Å². The molecule has 11 heteroatoms. The van der Waals surface area contributed by atoms with Gasteiger partial charge >= 0.3 is 5.97 Å². The van der Waals surface area contributed by atoms with Crippen molar-refractivity contribution in [1.29, 1.82) is 0 Å². The summed E-state index contributed by atoms with van der Waals surface area (Å²) >= 11 is 0. The average Bonchev–Trinajstić information content (AvgIpc) is 3.96. The highest BCUT2D eigenvalue weighted by Gasteiger charge is 2.62. The Morgan fingerprint density at radius 3 is 2.42 bits per heavy atom. The summed E-state index contributed by atoms with van der Waals surface area (Å²) < 4.78 is 59.7. The molecule has 0 radical (unpaired) electrons. The van der Waals surface area contributed by atoms with Crippen molar-refractivity contribution in [2.24, 2.45) is 29.6 Å². The van der Waals surface area contributed by atoms with E-state index in [1.807, 2.05) is 31.2 Å². The maximum absolute atomic E-state index is 11.6. The molecule has 7 rings (SSSR count). The first-order valence-electron chi connectivity index (χ1n) is 20.9. The molecule has 0 bridgehead atoms. The SMILES string of the molecule is CC[C@@]1([C@@H]2O[C@H]([C@H]3O[C@@]4(CO[C@@H](c5ccc(OC)cc5)O4)[C@H](C)C[C@@H]3C)C[C@@H]2C)CC[C@H]([C@@]2(C)CC[C@]3(C[C@H](OC)[C@@H](C)[C@@H]([C@@H](C)/C=C(\C)C(=O)O)O3)O2)O1. The molecule has 6 saturated heterocycles. The summed E-state index contributed by atoms with van der Waals surface area (Å²) in [7, 11) is 3.41.